The largest absolute Gasteiger partial charge is 0.491 e. The van der Waals surface area contributed by atoms with E-state index in [9.17, 15) is 8.78 Å². The maximum absolute atomic E-state index is 13.3. The molecule has 0 aliphatic carbocycles. The zero-order valence-corrected chi connectivity index (χ0v) is 18.8. The third-order valence-corrected chi connectivity index (χ3v) is 11.2. The number of rotatable bonds is 7. The highest BCUT2D eigenvalue weighted by Gasteiger charge is 2.36. The summed E-state index contributed by atoms with van der Waals surface area (Å²) in [6, 6.07) is 6.95. The van der Waals surface area contributed by atoms with Crippen molar-refractivity contribution in [3.05, 3.63) is 35.9 Å². The van der Waals surface area contributed by atoms with Gasteiger partial charge in [-0.05, 0) is 35.8 Å². The van der Waals surface area contributed by atoms with Gasteiger partial charge in [-0.2, -0.15) is 8.78 Å². The Balaban J connectivity index is 2.66. The maximum atomic E-state index is 13.3. The number of hydrogen-bond donors (Lipinski definition) is 0. The van der Waals surface area contributed by atoms with Crippen molar-refractivity contribution in [2.45, 2.75) is 58.5 Å². The van der Waals surface area contributed by atoms with Gasteiger partial charge in [0.05, 0.1) is 14.7 Å². The van der Waals surface area contributed by atoms with Crippen molar-refractivity contribution in [2.75, 3.05) is 13.2 Å². The predicted molar refractivity (Wildman–Crippen MR) is 108 cm³/mol. The molecule has 0 aliphatic heterocycles. The molecular weight excluding hydrogens is 354 g/mol. The summed E-state index contributed by atoms with van der Waals surface area (Å²) >= 11 is 0. The molecule has 1 rings (SSSR count). The Labute approximate surface area is 153 Å². The first-order valence-electron chi connectivity index (χ1n) is 8.68. The molecule has 0 atom stereocenters. The SMILES string of the molecule is CC(C)(C)[Si](C)(C)OCCOc1ccc(C(=C(F)F)[Si](C)(C)C)cc1. The minimum absolute atomic E-state index is 0.171. The van der Waals surface area contributed by atoms with E-state index in [-0.39, 0.29) is 10.2 Å². The molecule has 25 heavy (non-hydrogen) atoms. The molecule has 2 nitrogen and oxygen atoms in total. The van der Waals surface area contributed by atoms with Crippen LogP contribution in [-0.2, 0) is 4.43 Å². The first kappa shape index (κ1) is 22.1. The van der Waals surface area contributed by atoms with E-state index in [1.165, 1.54) is 0 Å². The van der Waals surface area contributed by atoms with Crippen molar-refractivity contribution in [2.24, 2.45) is 0 Å². The van der Waals surface area contributed by atoms with E-state index in [0.717, 1.165) is 0 Å². The summed E-state index contributed by atoms with van der Waals surface area (Å²) in [7, 11) is -3.87. The summed E-state index contributed by atoms with van der Waals surface area (Å²) in [4.78, 5) is 0. The monoisotopic (exact) mass is 386 g/mol. The molecule has 1 aromatic carbocycles. The lowest BCUT2D eigenvalue weighted by atomic mass is 10.2. The average molecular weight is 387 g/mol. The van der Waals surface area contributed by atoms with E-state index in [2.05, 4.69) is 33.9 Å². The fourth-order valence-corrected chi connectivity index (χ4v) is 4.84. The molecule has 0 radical (unpaired) electrons. The van der Waals surface area contributed by atoms with Crippen molar-refractivity contribution < 1.29 is 17.9 Å². The Kier molecular flexibility index (Phi) is 7.18. The summed E-state index contributed by atoms with van der Waals surface area (Å²) in [5.41, 5.74) is 0.587. The molecule has 0 saturated carbocycles. The van der Waals surface area contributed by atoms with Gasteiger partial charge >= 0.3 is 0 Å². The standard InChI is InChI=1S/C19H32F2O2Si2/c1-19(2,3)25(7,8)23-14-13-22-16-11-9-15(10-12-16)17(18(20)21)24(4,5)6/h9-12H,13-14H2,1-8H3. The third kappa shape index (κ3) is 6.35. The second-order valence-corrected chi connectivity index (χ2v) is 18.7. The van der Waals surface area contributed by atoms with Crippen LogP contribution in [0.15, 0.2) is 30.3 Å². The molecule has 1 aromatic rings. The van der Waals surface area contributed by atoms with Gasteiger partial charge < -0.3 is 9.16 Å². The highest BCUT2D eigenvalue weighted by atomic mass is 28.4. The first-order chi connectivity index (χ1) is 11.3. The molecule has 0 unspecified atom stereocenters. The number of benzene rings is 1. The normalized spacial score (nSPS) is 12.9. The summed E-state index contributed by atoms with van der Waals surface area (Å²) in [6.07, 6.45) is -1.57. The van der Waals surface area contributed by atoms with Crippen molar-refractivity contribution in [1.82, 2.24) is 0 Å². The van der Waals surface area contributed by atoms with Crippen LogP contribution in [0.4, 0.5) is 8.78 Å². The van der Waals surface area contributed by atoms with Crippen molar-refractivity contribution in [3.63, 3.8) is 0 Å². The molecule has 0 N–H and O–H groups in total. The van der Waals surface area contributed by atoms with E-state index < -0.39 is 22.5 Å². The number of hydrogen-bond acceptors (Lipinski definition) is 2. The van der Waals surface area contributed by atoms with Crippen LogP contribution in [-0.4, -0.2) is 29.6 Å². The van der Waals surface area contributed by atoms with E-state index in [4.69, 9.17) is 9.16 Å². The summed E-state index contributed by atoms with van der Waals surface area (Å²) in [5.74, 6) is 0.678. The van der Waals surface area contributed by atoms with Gasteiger partial charge in [-0.15, -0.1) is 0 Å². The molecule has 0 saturated heterocycles. The average Bonchev–Trinajstić information content (AvgIpc) is 2.42. The molecular formula is C19H32F2O2Si2. The summed E-state index contributed by atoms with van der Waals surface area (Å²) < 4.78 is 38.4. The predicted octanol–water partition coefficient (Wildman–Crippen LogP) is 6.57. The molecule has 0 heterocycles. The van der Waals surface area contributed by atoms with Crippen LogP contribution in [0.25, 0.3) is 5.20 Å². The summed E-state index contributed by atoms with van der Waals surface area (Å²) in [5, 5.41) is 0.380. The summed E-state index contributed by atoms with van der Waals surface area (Å²) in [6.45, 7) is 17.8. The van der Waals surface area contributed by atoms with Crippen LogP contribution in [0.2, 0.25) is 37.8 Å². The topological polar surface area (TPSA) is 18.5 Å². The van der Waals surface area contributed by atoms with Crippen LogP contribution in [0.5, 0.6) is 5.75 Å². The van der Waals surface area contributed by atoms with E-state index in [1.54, 1.807) is 24.3 Å². The highest BCUT2D eigenvalue weighted by Crippen LogP contribution is 2.36. The zero-order chi connectivity index (χ0) is 19.5. The fourth-order valence-electron chi connectivity index (χ4n) is 2.22. The van der Waals surface area contributed by atoms with Crippen LogP contribution in [0.1, 0.15) is 26.3 Å². The number of halogens is 2. The molecule has 0 bridgehead atoms. The van der Waals surface area contributed by atoms with Crippen LogP contribution >= 0.6 is 0 Å². The quantitative estimate of drug-likeness (QED) is 0.389. The lowest BCUT2D eigenvalue weighted by Crippen LogP contribution is -2.41. The van der Waals surface area contributed by atoms with Crippen molar-refractivity contribution in [1.29, 1.82) is 0 Å². The van der Waals surface area contributed by atoms with E-state index in [1.807, 2.05) is 19.6 Å². The lowest BCUT2D eigenvalue weighted by Gasteiger charge is -2.36. The minimum Gasteiger partial charge on any atom is -0.491 e. The van der Waals surface area contributed by atoms with Gasteiger partial charge in [-0.3, -0.25) is 0 Å². The Morgan fingerprint density at radius 1 is 0.920 bits per heavy atom. The number of ether oxygens (including phenoxy) is 1. The minimum atomic E-state index is -2.10. The Hall–Kier alpha value is -0.986. The van der Waals surface area contributed by atoms with Gasteiger partial charge in [0.15, 0.2) is 8.32 Å². The molecule has 0 amide bonds. The van der Waals surface area contributed by atoms with Crippen LogP contribution < -0.4 is 4.74 Å². The van der Waals surface area contributed by atoms with Crippen molar-refractivity contribution >= 4 is 21.6 Å². The van der Waals surface area contributed by atoms with E-state index >= 15 is 0 Å². The smallest absolute Gasteiger partial charge is 0.270 e. The van der Waals surface area contributed by atoms with Gasteiger partial charge in [0.2, 0.25) is 0 Å². The lowest BCUT2D eigenvalue weighted by molar-refractivity contribution is 0.203. The molecule has 0 aliphatic rings. The van der Waals surface area contributed by atoms with Gasteiger partial charge in [0.25, 0.3) is 6.08 Å². The molecule has 6 heteroatoms. The Morgan fingerprint density at radius 3 is 1.84 bits per heavy atom. The Morgan fingerprint density at radius 2 is 1.44 bits per heavy atom. The van der Waals surface area contributed by atoms with Gasteiger partial charge in [-0.25, -0.2) is 0 Å². The Bertz CT molecular complexity index is 593. The first-order valence-corrected chi connectivity index (χ1v) is 15.1. The second kappa shape index (κ2) is 8.14. The molecule has 0 fully saturated rings. The van der Waals surface area contributed by atoms with Gasteiger partial charge in [0, 0.05) is 5.20 Å². The van der Waals surface area contributed by atoms with Gasteiger partial charge in [-0.1, -0.05) is 52.5 Å². The maximum Gasteiger partial charge on any atom is 0.270 e. The van der Waals surface area contributed by atoms with Crippen molar-refractivity contribution in [3.8, 4) is 5.75 Å². The third-order valence-electron chi connectivity index (χ3n) is 4.70. The molecule has 142 valence electrons. The molecule has 0 aromatic heterocycles. The van der Waals surface area contributed by atoms with Crippen LogP contribution in [0, 0.1) is 0 Å². The zero-order valence-electron chi connectivity index (χ0n) is 16.8. The van der Waals surface area contributed by atoms with E-state index in [0.29, 0.717) is 24.5 Å². The highest BCUT2D eigenvalue weighted by molar-refractivity contribution is 6.93. The molecule has 0 spiro atoms. The second-order valence-electron chi connectivity index (χ2n) is 8.87. The fraction of sp³-hybridized carbons (Fsp3) is 0.579. The van der Waals surface area contributed by atoms with Gasteiger partial charge in [0.1, 0.15) is 12.4 Å². The van der Waals surface area contributed by atoms with Crippen LogP contribution in [0.3, 0.4) is 0 Å².